The number of nitrogens with zero attached hydrogens (tertiary/aromatic N) is 2. The summed E-state index contributed by atoms with van der Waals surface area (Å²) in [5.74, 6) is 0.502. The standard InChI is InChI=1S/C15H22N4O2/c1-15(2,3)21-14(20)17-12-6-4-5-11(9-12)10-19-8-7-13(16)18-19/h5,7-9H,4,6,10H2,1-3H3,(H2,16,18)(H,17,20). The number of alkyl carbamates (subject to hydrolysis) is 1. The molecule has 0 aliphatic heterocycles. The quantitative estimate of drug-likeness (QED) is 0.896. The molecule has 0 fully saturated rings. The van der Waals surface area contributed by atoms with Crippen molar-refractivity contribution in [1.82, 2.24) is 15.1 Å². The van der Waals surface area contributed by atoms with E-state index in [0.717, 1.165) is 24.1 Å². The van der Waals surface area contributed by atoms with Crippen LogP contribution in [0.5, 0.6) is 0 Å². The van der Waals surface area contributed by atoms with Crippen LogP contribution in [0.15, 0.2) is 35.7 Å². The van der Waals surface area contributed by atoms with Gasteiger partial charge in [0.15, 0.2) is 0 Å². The van der Waals surface area contributed by atoms with Crippen molar-refractivity contribution in [3.8, 4) is 0 Å². The zero-order valence-electron chi connectivity index (χ0n) is 12.7. The number of aromatic nitrogens is 2. The monoisotopic (exact) mass is 290 g/mol. The molecule has 1 aromatic heterocycles. The maximum absolute atomic E-state index is 11.8. The highest BCUT2D eigenvalue weighted by molar-refractivity contribution is 5.70. The lowest BCUT2D eigenvalue weighted by molar-refractivity contribution is 0.0544. The number of hydrogen-bond donors (Lipinski definition) is 2. The van der Waals surface area contributed by atoms with Gasteiger partial charge in [-0.1, -0.05) is 6.08 Å². The van der Waals surface area contributed by atoms with Crippen LogP contribution in [0.3, 0.4) is 0 Å². The Hall–Kier alpha value is -2.24. The highest BCUT2D eigenvalue weighted by Crippen LogP contribution is 2.18. The van der Waals surface area contributed by atoms with Gasteiger partial charge in [-0.15, -0.1) is 0 Å². The van der Waals surface area contributed by atoms with E-state index in [0.29, 0.717) is 12.4 Å². The molecule has 1 aromatic rings. The fraction of sp³-hybridized carbons (Fsp3) is 0.467. The summed E-state index contributed by atoms with van der Waals surface area (Å²) in [6, 6.07) is 1.76. The van der Waals surface area contributed by atoms with Crippen molar-refractivity contribution in [1.29, 1.82) is 0 Å². The first-order chi connectivity index (χ1) is 9.82. The molecule has 3 N–H and O–H groups in total. The van der Waals surface area contributed by atoms with Crippen LogP contribution in [0.4, 0.5) is 10.6 Å². The third kappa shape index (κ3) is 4.98. The molecule has 0 saturated carbocycles. The lowest BCUT2D eigenvalue weighted by Crippen LogP contribution is -2.32. The van der Waals surface area contributed by atoms with Gasteiger partial charge in [0, 0.05) is 11.9 Å². The van der Waals surface area contributed by atoms with Crippen molar-refractivity contribution in [2.75, 3.05) is 5.73 Å². The molecule has 21 heavy (non-hydrogen) atoms. The van der Waals surface area contributed by atoms with Crippen LogP contribution in [0.2, 0.25) is 0 Å². The molecule has 6 heteroatoms. The Morgan fingerprint density at radius 2 is 2.29 bits per heavy atom. The summed E-state index contributed by atoms with van der Waals surface area (Å²) in [6.07, 6.45) is 7.19. The van der Waals surface area contributed by atoms with E-state index in [1.807, 2.05) is 33.0 Å². The normalized spacial score (nSPS) is 15.2. The maximum Gasteiger partial charge on any atom is 0.411 e. The Labute approximate surface area is 124 Å². The number of rotatable bonds is 3. The first-order valence-electron chi connectivity index (χ1n) is 7.00. The summed E-state index contributed by atoms with van der Waals surface area (Å²) in [4.78, 5) is 11.8. The molecule has 0 radical (unpaired) electrons. The average Bonchev–Trinajstić information content (AvgIpc) is 2.72. The van der Waals surface area contributed by atoms with Gasteiger partial charge in [0.2, 0.25) is 0 Å². The van der Waals surface area contributed by atoms with Gasteiger partial charge >= 0.3 is 6.09 Å². The summed E-state index contributed by atoms with van der Waals surface area (Å²) in [6.45, 7) is 6.16. The van der Waals surface area contributed by atoms with E-state index in [-0.39, 0.29) is 0 Å². The number of carbonyl (C=O) groups is 1. The highest BCUT2D eigenvalue weighted by atomic mass is 16.6. The lowest BCUT2D eigenvalue weighted by Gasteiger charge is -2.21. The predicted molar refractivity (Wildman–Crippen MR) is 81.4 cm³/mol. The van der Waals surface area contributed by atoms with Crippen LogP contribution in [0, 0.1) is 0 Å². The molecule has 6 nitrogen and oxygen atoms in total. The smallest absolute Gasteiger partial charge is 0.411 e. The molecule has 2 rings (SSSR count). The Bertz CT molecular complexity index is 579. The molecule has 0 spiro atoms. The van der Waals surface area contributed by atoms with Gasteiger partial charge < -0.3 is 10.5 Å². The predicted octanol–water partition coefficient (Wildman–Crippen LogP) is 2.59. The fourth-order valence-electron chi connectivity index (χ4n) is 2.06. The number of nitrogens with two attached hydrogens (primary N) is 1. The molecule has 1 heterocycles. The van der Waals surface area contributed by atoms with Crippen molar-refractivity contribution in [2.45, 2.75) is 45.8 Å². The Kier molecular flexibility index (Phi) is 4.35. The van der Waals surface area contributed by atoms with E-state index in [1.165, 1.54) is 0 Å². The van der Waals surface area contributed by atoms with Crippen molar-refractivity contribution in [2.24, 2.45) is 0 Å². The van der Waals surface area contributed by atoms with Crippen LogP contribution < -0.4 is 11.1 Å². The van der Waals surface area contributed by atoms with Gasteiger partial charge in [-0.05, 0) is 51.3 Å². The van der Waals surface area contributed by atoms with E-state index in [2.05, 4.69) is 16.5 Å². The number of nitrogens with one attached hydrogen (secondary N) is 1. The number of nitrogen functional groups attached to an aromatic ring is 1. The minimum Gasteiger partial charge on any atom is -0.444 e. The van der Waals surface area contributed by atoms with Gasteiger partial charge in [-0.2, -0.15) is 5.10 Å². The highest BCUT2D eigenvalue weighted by Gasteiger charge is 2.17. The number of hydrogen-bond acceptors (Lipinski definition) is 4. The Balaban J connectivity index is 1.95. The number of allylic oxidation sites excluding steroid dienone is 4. The van der Waals surface area contributed by atoms with Gasteiger partial charge in [0.05, 0.1) is 6.54 Å². The summed E-state index contributed by atoms with van der Waals surface area (Å²) in [5.41, 5.74) is 7.06. The molecule has 1 amide bonds. The van der Waals surface area contributed by atoms with Crippen LogP contribution in [-0.2, 0) is 11.3 Å². The van der Waals surface area contributed by atoms with Gasteiger partial charge in [0.25, 0.3) is 0 Å². The third-order valence-electron chi connectivity index (χ3n) is 2.85. The molecular weight excluding hydrogens is 268 g/mol. The minimum absolute atomic E-state index is 0.418. The number of ether oxygens (including phenoxy) is 1. The summed E-state index contributed by atoms with van der Waals surface area (Å²) >= 11 is 0. The zero-order chi connectivity index (χ0) is 15.5. The molecule has 0 unspecified atom stereocenters. The molecule has 0 bridgehead atoms. The van der Waals surface area contributed by atoms with E-state index in [9.17, 15) is 4.79 Å². The molecular formula is C15H22N4O2. The summed E-state index contributed by atoms with van der Waals surface area (Å²) < 4.78 is 7.02. The second-order valence-electron chi connectivity index (χ2n) is 6.05. The summed E-state index contributed by atoms with van der Waals surface area (Å²) in [5, 5.41) is 6.95. The second-order valence-corrected chi connectivity index (χ2v) is 6.05. The third-order valence-corrected chi connectivity index (χ3v) is 2.85. The van der Waals surface area contributed by atoms with Gasteiger partial charge in [-0.25, -0.2) is 4.79 Å². The topological polar surface area (TPSA) is 82.2 Å². The number of carbonyl (C=O) groups excluding carboxylic acids is 1. The van der Waals surface area contributed by atoms with E-state index < -0.39 is 11.7 Å². The Morgan fingerprint density at radius 1 is 1.52 bits per heavy atom. The van der Waals surface area contributed by atoms with Gasteiger partial charge in [-0.3, -0.25) is 10.00 Å². The minimum atomic E-state index is -0.495. The summed E-state index contributed by atoms with van der Waals surface area (Å²) in [7, 11) is 0. The molecule has 1 aliphatic carbocycles. The Morgan fingerprint density at radius 3 is 2.90 bits per heavy atom. The van der Waals surface area contributed by atoms with E-state index >= 15 is 0 Å². The van der Waals surface area contributed by atoms with Crippen molar-refractivity contribution >= 4 is 11.9 Å². The maximum atomic E-state index is 11.8. The lowest BCUT2D eigenvalue weighted by atomic mass is 10.0. The SMILES string of the molecule is CC(C)(C)OC(=O)NC1=CC(Cn2ccc(N)n2)=CCC1. The van der Waals surface area contributed by atoms with Crippen molar-refractivity contribution in [3.05, 3.63) is 35.7 Å². The molecule has 0 aromatic carbocycles. The van der Waals surface area contributed by atoms with Crippen LogP contribution in [-0.4, -0.2) is 21.5 Å². The largest absolute Gasteiger partial charge is 0.444 e. The van der Waals surface area contributed by atoms with Crippen LogP contribution >= 0.6 is 0 Å². The van der Waals surface area contributed by atoms with Crippen LogP contribution in [0.25, 0.3) is 0 Å². The molecule has 1 aliphatic rings. The number of amides is 1. The van der Waals surface area contributed by atoms with Crippen molar-refractivity contribution in [3.63, 3.8) is 0 Å². The first-order valence-corrected chi connectivity index (χ1v) is 7.00. The van der Waals surface area contributed by atoms with Gasteiger partial charge in [0.1, 0.15) is 11.4 Å². The molecule has 0 saturated heterocycles. The second kappa shape index (κ2) is 6.03. The van der Waals surface area contributed by atoms with Crippen molar-refractivity contribution < 1.29 is 9.53 Å². The molecule has 0 atom stereocenters. The average molecular weight is 290 g/mol. The molecule has 114 valence electrons. The number of anilines is 1. The van der Waals surface area contributed by atoms with E-state index in [4.69, 9.17) is 10.5 Å². The first kappa shape index (κ1) is 15.2. The van der Waals surface area contributed by atoms with Crippen LogP contribution in [0.1, 0.15) is 33.6 Å². The van der Waals surface area contributed by atoms with E-state index in [1.54, 1.807) is 10.7 Å². The fourth-order valence-corrected chi connectivity index (χ4v) is 2.06. The zero-order valence-corrected chi connectivity index (χ0v) is 12.7.